The van der Waals surface area contributed by atoms with E-state index in [1.165, 1.54) is 23.0 Å². The molecule has 0 aliphatic heterocycles. The van der Waals surface area contributed by atoms with Crippen molar-refractivity contribution in [1.29, 1.82) is 0 Å². The second kappa shape index (κ2) is 5.85. The molecule has 3 heterocycles. The number of alkyl halides is 3. The minimum Gasteiger partial charge on any atom is -0.339 e. The Balaban J connectivity index is 1.81. The van der Waals surface area contributed by atoms with Crippen LogP contribution in [0, 0.1) is 0 Å². The average Bonchev–Trinajstić information content (AvgIpc) is 3.16. The van der Waals surface area contributed by atoms with E-state index in [-0.39, 0.29) is 16.3 Å². The lowest BCUT2D eigenvalue weighted by Gasteiger charge is -2.09. The molecule has 0 aliphatic carbocycles. The average molecular weight is 361 g/mol. The number of nitrogens with one attached hydrogen (secondary N) is 1. The molecule has 9 heteroatoms. The molecule has 0 amide bonds. The fourth-order valence-corrected chi connectivity index (χ4v) is 3.15. The first kappa shape index (κ1) is 15.6. The van der Waals surface area contributed by atoms with E-state index in [9.17, 15) is 13.2 Å². The maximum atomic E-state index is 13.4. The zero-order valence-corrected chi connectivity index (χ0v) is 13.3. The van der Waals surface area contributed by atoms with Crippen molar-refractivity contribution in [3.63, 3.8) is 0 Å². The van der Waals surface area contributed by atoms with E-state index in [4.69, 9.17) is 0 Å². The van der Waals surface area contributed by atoms with E-state index in [1.54, 1.807) is 5.38 Å². The van der Waals surface area contributed by atoms with Crippen molar-refractivity contribution >= 4 is 27.8 Å². The third-order valence-electron chi connectivity index (χ3n) is 3.45. The van der Waals surface area contributed by atoms with Gasteiger partial charge in [-0.15, -0.1) is 11.3 Å². The van der Waals surface area contributed by atoms with Gasteiger partial charge >= 0.3 is 6.18 Å². The molecule has 0 bridgehead atoms. The number of halogens is 3. The number of hydrogen-bond donors (Lipinski definition) is 1. The van der Waals surface area contributed by atoms with Crippen molar-refractivity contribution in [3.05, 3.63) is 60.0 Å². The molecule has 0 spiro atoms. The molecule has 4 rings (SSSR count). The highest BCUT2D eigenvalue weighted by Gasteiger charge is 2.39. The zero-order chi connectivity index (χ0) is 17.4. The van der Waals surface area contributed by atoms with Gasteiger partial charge in [0.15, 0.2) is 10.7 Å². The number of para-hydroxylation sites is 1. The lowest BCUT2D eigenvalue weighted by atomic mass is 10.2. The number of thiazole rings is 1. The third-order valence-corrected chi connectivity index (χ3v) is 4.21. The molecule has 0 fully saturated rings. The van der Waals surface area contributed by atoms with E-state index in [0.717, 1.165) is 17.0 Å². The molecular weight excluding hydrogens is 351 g/mol. The fraction of sp³-hybridized carbons (Fsp3) is 0.0625. The number of aromatic nitrogens is 4. The van der Waals surface area contributed by atoms with Gasteiger partial charge in [0.1, 0.15) is 17.2 Å². The van der Waals surface area contributed by atoms with Gasteiger partial charge in [-0.25, -0.2) is 9.97 Å². The van der Waals surface area contributed by atoms with Gasteiger partial charge in [-0.2, -0.15) is 13.2 Å². The Kier molecular flexibility index (Phi) is 3.65. The van der Waals surface area contributed by atoms with Crippen LogP contribution in [0.3, 0.4) is 0 Å². The fourth-order valence-electron chi connectivity index (χ4n) is 2.44. The van der Waals surface area contributed by atoms with E-state index < -0.39 is 11.9 Å². The summed E-state index contributed by atoms with van der Waals surface area (Å²) in [5.74, 6) is 0.349. The summed E-state index contributed by atoms with van der Waals surface area (Å²) in [6, 6.07) is 9.19. The summed E-state index contributed by atoms with van der Waals surface area (Å²) in [7, 11) is 0. The molecule has 5 nitrogen and oxygen atoms in total. The van der Waals surface area contributed by atoms with Crippen molar-refractivity contribution in [3.8, 4) is 11.4 Å². The van der Waals surface area contributed by atoms with E-state index >= 15 is 0 Å². The summed E-state index contributed by atoms with van der Waals surface area (Å²) < 4.78 is 41.5. The number of fused-ring (bicyclic) bond motifs is 1. The number of imidazole rings is 1. The van der Waals surface area contributed by atoms with Gasteiger partial charge in [0.05, 0.1) is 12.4 Å². The van der Waals surface area contributed by atoms with Crippen LogP contribution in [0.2, 0.25) is 0 Å². The molecule has 1 N–H and O–H groups in total. The second-order valence-corrected chi connectivity index (χ2v) is 6.02. The van der Waals surface area contributed by atoms with E-state index in [1.807, 2.05) is 30.3 Å². The Labute approximate surface area is 143 Å². The predicted octanol–water partition coefficient (Wildman–Crippen LogP) is 4.62. The first-order chi connectivity index (χ1) is 12.0. The van der Waals surface area contributed by atoms with Crippen molar-refractivity contribution in [1.82, 2.24) is 19.4 Å². The zero-order valence-electron chi connectivity index (χ0n) is 12.5. The molecule has 0 saturated heterocycles. The summed E-state index contributed by atoms with van der Waals surface area (Å²) in [5, 5.41) is 4.70. The van der Waals surface area contributed by atoms with E-state index in [0.29, 0.717) is 5.82 Å². The first-order valence-electron chi connectivity index (χ1n) is 7.19. The lowest BCUT2D eigenvalue weighted by molar-refractivity contribution is -0.140. The highest BCUT2D eigenvalue weighted by Crippen LogP contribution is 2.37. The molecule has 25 heavy (non-hydrogen) atoms. The highest BCUT2D eigenvalue weighted by atomic mass is 32.1. The standard InChI is InChI=1S/C16H10F3N5S/c17-16(18,19)14-13(24-6-7-25-15(24)23-14)11-8-20-9-12(22-11)21-10-4-2-1-3-5-10/h1-9H,(H,21,22). The number of nitrogens with zero attached hydrogens (tertiary/aromatic N) is 4. The van der Waals surface area contributed by atoms with Gasteiger partial charge in [0.2, 0.25) is 0 Å². The molecular formula is C16H10F3N5S. The van der Waals surface area contributed by atoms with Crippen molar-refractivity contribution in [2.75, 3.05) is 5.32 Å². The molecule has 0 radical (unpaired) electrons. The molecule has 0 saturated carbocycles. The molecule has 126 valence electrons. The van der Waals surface area contributed by atoms with Gasteiger partial charge in [-0.3, -0.25) is 9.38 Å². The summed E-state index contributed by atoms with van der Waals surface area (Å²) in [6.07, 6.45) is -0.287. The van der Waals surface area contributed by atoms with Gasteiger partial charge in [0, 0.05) is 17.3 Å². The molecule has 4 aromatic rings. The monoisotopic (exact) mass is 361 g/mol. The van der Waals surface area contributed by atoms with Crippen LogP contribution in [0.1, 0.15) is 5.69 Å². The smallest absolute Gasteiger partial charge is 0.339 e. The Morgan fingerprint density at radius 2 is 1.84 bits per heavy atom. The highest BCUT2D eigenvalue weighted by molar-refractivity contribution is 7.15. The number of rotatable bonds is 3. The first-order valence-corrected chi connectivity index (χ1v) is 8.07. The summed E-state index contributed by atoms with van der Waals surface area (Å²) in [6.45, 7) is 0. The number of benzene rings is 1. The summed E-state index contributed by atoms with van der Waals surface area (Å²) in [5.41, 5.74) is -0.225. The number of anilines is 2. The normalized spacial score (nSPS) is 11.8. The Hall–Kier alpha value is -2.94. The molecule has 0 unspecified atom stereocenters. The Morgan fingerprint density at radius 1 is 1.04 bits per heavy atom. The second-order valence-electron chi connectivity index (χ2n) is 5.14. The minimum atomic E-state index is -4.58. The summed E-state index contributed by atoms with van der Waals surface area (Å²) in [4.78, 5) is 12.3. The van der Waals surface area contributed by atoms with Crippen LogP contribution in [-0.2, 0) is 6.18 Å². The Morgan fingerprint density at radius 3 is 2.60 bits per heavy atom. The molecule has 0 atom stereocenters. The minimum absolute atomic E-state index is 0.0964. The van der Waals surface area contributed by atoms with Crippen LogP contribution in [0.15, 0.2) is 54.3 Å². The van der Waals surface area contributed by atoms with Gasteiger partial charge in [-0.05, 0) is 12.1 Å². The van der Waals surface area contributed by atoms with Crippen LogP contribution in [-0.4, -0.2) is 19.4 Å². The number of hydrogen-bond acceptors (Lipinski definition) is 5. The largest absolute Gasteiger partial charge is 0.435 e. The van der Waals surface area contributed by atoms with Gasteiger partial charge in [-0.1, -0.05) is 18.2 Å². The van der Waals surface area contributed by atoms with Crippen molar-refractivity contribution in [2.45, 2.75) is 6.18 Å². The summed E-state index contributed by atoms with van der Waals surface area (Å²) >= 11 is 1.13. The van der Waals surface area contributed by atoms with Crippen molar-refractivity contribution < 1.29 is 13.2 Å². The lowest BCUT2D eigenvalue weighted by Crippen LogP contribution is -2.09. The molecule has 1 aromatic carbocycles. The maximum Gasteiger partial charge on any atom is 0.435 e. The van der Waals surface area contributed by atoms with Gasteiger partial charge < -0.3 is 5.32 Å². The predicted molar refractivity (Wildman–Crippen MR) is 88.8 cm³/mol. The maximum absolute atomic E-state index is 13.4. The van der Waals surface area contributed by atoms with Crippen LogP contribution in [0.4, 0.5) is 24.7 Å². The van der Waals surface area contributed by atoms with Crippen LogP contribution >= 0.6 is 11.3 Å². The molecule has 3 aromatic heterocycles. The van der Waals surface area contributed by atoms with Crippen molar-refractivity contribution in [2.24, 2.45) is 0 Å². The Bertz CT molecular complexity index is 1020. The van der Waals surface area contributed by atoms with Crippen LogP contribution in [0.5, 0.6) is 0 Å². The van der Waals surface area contributed by atoms with Crippen LogP contribution < -0.4 is 5.32 Å². The topological polar surface area (TPSA) is 55.1 Å². The van der Waals surface area contributed by atoms with Gasteiger partial charge in [0.25, 0.3) is 0 Å². The van der Waals surface area contributed by atoms with Crippen LogP contribution in [0.25, 0.3) is 16.3 Å². The van der Waals surface area contributed by atoms with E-state index in [2.05, 4.69) is 20.3 Å². The molecule has 0 aliphatic rings. The SMILES string of the molecule is FC(F)(F)c1nc2sccn2c1-c1cncc(Nc2ccccc2)n1. The quantitative estimate of drug-likeness (QED) is 0.579. The third kappa shape index (κ3) is 2.93.